The van der Waals surface area contributed by atoms with E-state index in [0.29, 0.717) is 5.41 Å². The van der Waals surface area contributed by atoms with Crippen LogP contribution >= 0.6 is 0 Å². The first kappa shape index (κ1) is 8.02. The van der Waals surface area contributed by atoms with Gasteiger partial charge in [0.2, 0.25) is 0 Å². The van der Waals surface area contributed by atoms with Gasteiger partial charge in [-0.3, -0.25) is 0 Å². The molecule has 1 rings (SSSR count). The highest BCUT2D eigenvalue weighted by molar-refractivity contribution is 5.05. The molecule has 1 fully saturated rings. The molecule has 0 saturated heterocycles. The van der Waals surface area contributed by atoms with Gasteiger partial charge in [-0.05, 0) is 31.6 Å². The predicted octanol–water partition coefficient (Wildman–Crippen LogP) is 0.886. The molecule has 1 aliphatic rings. The van der Waals surface area contributed by atoms with Gasteiger partial charge in [-0.2, -0.15) is 0 Å². The van der Waals surface area contributed by atoms with Gasteiger partial charge in [0.15, 0.2) is 0 Å². The molecular formula is C8H17NO. The molecule has 0 aromatic rings. The van der Waals surface area contributed by atoms with Gasteiger partial charge in [-0.1, -0.05) is 6.92 Å². The summed E-state index contributed by atoms with van der Waals surface area (Å²) in [6, 6.07) is 0. The summed E-state index contributed by atoms with van der Waals surface area (Å²) >= 11 is 0. The van der Waals surface area contributed by atoms with Crippen LogP contribution in [0, 0.1) is 5.41 Å². The smallest absolute Gasteiger partial charge is 0.0448 e. The number of rotatable bonds is 3. The monoisotopic (exact) mass is 143 g/mol. The molecule has 0 aromatic heterocycles. The van der Waals surface area contributed by atoms with Crippen LogP contribution in [0.3, 0.4) is 0 Å². The predicted molar refractivity (Wildman–Crippen MR) is 41.6 cm³/mol. The Morgan fingerprint density at radius 2 is 2.10 bits per heavy atom. The van der Waals surface area contributed by atoms with Crippen molar-refractivity contribution in [1.29, 1.82) is 0 Å². The van der Waals surface area contributed by atoms with Gasteiger partial charge in [0.1, 0.15) is 0 Å². The highest BCUT2D eigenvalue weighted by Crippen LogP contribution is 2.53. The first-order valence-electron chi connectivity index (χ1n) is 3.92. The van der Waals surface area contributed by atoms with Crippen molar-refractivity contribution in [2.45, 2.75) is 38.6 Å². The van der Waals surface area contributed by atoms with Crippen LogP contribution in [0.25, 0.3) is 0 Å². The quantitative estimate of drug-likeness (QED) is 0.616. The van der Waals surface area contributed by atoms with E-state index in [9.17, 15) is 0 Å². The van der Waals surface area contributed by atoms with Crippen molar-refractivity contribution in [2.24, 2.45) is 11.1 Å². The summed E-state index contributed by atoms with van der Waals surface area (Å²) in [5.74, 6) is 0. The van der Waals surface area contributed by atoms with Gasteiger partial charge in [0.05, 0.1) is 0 Å². The van der Waals surface area contributed by atoms with Crippen molar-refractivity contribution >= 4 is 0 Å². The lowest BCUT2D eigenvalue weighted by molar-refractivity contribution is 0.196. The summed E-state index contributed by atoms with van der Waals surface area (Å²) in [7, 11) is 0. The molecule has 0 radical (unpaired) electrons. The molecule has 0 aromatic carbocycles. The van der Waals surface area contributed by atoms with Gasteiger partial charge in [0, 0.05) is 12.1 Å². The van der Waals surface area contributed by atoms with Gasteiger partial charge >= 0.3 is 0 Å². The summed E-state index contributed by atoms with van der Waals surface area (Å²) in [6.07, 6.45) is 3.17. The van der Waals surface area contributed by atoms with Crippen molar-refractivity contribution in [3.63, 3.8) is 0 Å². The van der Waals surface area contributed by atoms with Crippen LogP contribution in [0.15, 0.2) is 0 Å². The van der Waals surface area contributed by atoms with Gasteiger partial charge in [0.25, 0.3) is 0 Å². The standard InChI is InChI=1S/C8H17NO/c1-7(3-4-7)8(2,9)5-6-10/h10H,3-6,9H2,1-2H3. The Labute approximate surface area is 62.4 Å². The third-order valence-electron chi connectivity index (χ3n) is 3.01. The highest BCUT2D eigenvalue weighted by atomic mass is 16.3. The average Bonchev–Trinajstić information content (AvgIpc) is 2.49. The van der Waals surface area contributed by atoms with Gasteiger partial charge < -0.3 is 10.8 Å². The van der Waals surface area contributed by atoms with Crippen LogP contribution in [0.1, 0.15) is 33.1 Å². The number of aliphatic hydroxyl groups excluding tert-OH is 1. The molecule has 1 saturated carbocycles. The van der Waals surface area contributed by atoms with Crippen LogP contribution in [-0.4, -0.2) is 17.3 Å². The van der Waals surface area contributed by atoms with Crippen LogP contribution < -0.4 is 5.73 Å². The van der Waals surface area contributed by atoms with Crippen molar-refractivity contribution < 1.29 is 5.11 Å². The molecule has 2 heteroatoms. The minimum Gasteiger partial charge on any atom is -0.396 e. The largest absolute Gasteiger partial charge is 0.396 e. The maximum absolute atomic E-state index is 8.71. The Bertz CT molecular complexity index is 127. The Hall–Kier alpha value is -0.0800. The molecule has 3 N–H and O–H groups in total. The van der Waals surface area contributed by atoms with E-state index in [4.69, 9.17) is 10.8 Å². The van der Waals surface area contributed by atoms with Crippen LogP contribution in [-0.2, 0) is 0 Å². The summed E-state index contributed by atoms with van der Waals surface area (Å²) in [6.45, 7) is 4.45. The fourth-order valence-corrected chi connectivity index (χ4v) is 1.29. The second kappa shape index (κ2) is 2.21. The first-order valence-corrected chi connectivity index (χ1v) is 3.92. The highest BCUT2D eigenvalue weighted by Gasteiger charge is 2.50. The SMILES string of the molecule is CC(N)(CCO)C1(C)CC1. The maximum atomic E-state index is 8.71. The maximum Gasteiger partial charge on any atom is 0.0448 e. The van der Waals surface area contributed by atoms with E-state index in [2.05, 4.69) is 6.92 Å². The van der Waals surface area contributed by atoms with Crippen LogP contribution in [0.4, 0.5) is 0 Å². The van der Waals surface area contributed by atoms with Crippen molar-refractivity contribution in [3.8, 4) is 0 Å². The van der Waals surface area contributed by atoms with Crippen molar-refractivity contribution in [2.75, 3.05) is 6.61 Å². The Kier molecular flexibility index (Phi) is 1.77. The Morgan fingerprint density at radius 1 is 1.60 bits per heavy atom. The number of hydrogen-bond acceptors (Lipinski definition) is 2. The summed E-state index contributed by atoms with van der Waals surface area (Å²) < 4.78 is 0. The van der Waals surface area contributed by atoms with Crippen molar-refractivity contribution in [1.82, 2.24) is 0 Å². The van der Waals surface area contributed by atoms with E-state index in [1.54, 1.807) is 0 Å². The minimum absolute atomic E-state index is 0.151. The molecule has 0 aliphatic heterocycles. The third kappa shape index (κ3) is 1.18. The Morgan fingerprint density at radius 3 is 2.40 bits per heavy atom. The van der Waals surface area contributed by atoms with Crippen LogP contribution in [0.5, 0.6) is 0 Å². The summed E-state index contributed by atoms with van der Waals surface area (Å²) in [4.78, 5) is 0. The van der Waals surface area contributed by atoms with E-state index in [1.807, 2.05) is 6.92 Å². The van der Waals surface area contributed by atoms with E-state index >= 15 is 0 Å². The van der Waals surface area contributed by atoms with E-state index < -0.39 is 0 Å². The number of aliphatic hydroxyl groups is 1. The lowest BCUT2D eigenvalue weighted by Gasteiger charge is -2.31. The average molecular weight is 143 g/mol. The second-order valence-electron chi connectivity index (χ2n) is 3.95. The zero-order chi connectivity index (χ0) is 7.83. The molecule has 2 nitrogen and oxygen atoms in total. The number of hydrogen-bond donors (Lipinski definition) is 2. The normalized spacial score (nSPS) is 27.6. The molecule has 0 spiro atoms. The zero-order valence-corrected chi connectivity index (χ0v) is 6.85. The molecule has 1 aliphatic carbocycles. The minimum atomic E-state index is -0.151. The topological polar surface area (TPSA) is 46.2 Å². The Balaban J connectivity index is 2.50. The van der Waals surface area contributed by atoms with E-state index in [0.717, 1.165) is 6.42 Å². The third-order valence-corrected chi connectivity index (χ3v) is 3.01. The fourth-order valence-electron chi connectivity index (χ4n) is 1.29. The van der Waals surface area contributed by atoms with E-state index in [1.165, 1.54) is 12.8 Å². The molecule has 1 unspecified atom stereocenters. The fraction of sp³-hybridized carbons (Fsp3) is 1.00. The molecule has 0 heterocycles. The zero-order valence-electron chi connectivity index (χ0n) is 6.85. The van der Waals surface area contributed by atoms with Gasteiger partial charge in [-0.25, -0.2) is 0 Å². The number of nitrogens with two attached hydrogens (primary N) is 1. The summed E-state index contributed by atoms with van der Waals surface area (Å²) in [5.41, 5.74) is 6.17. The molecular weight excluding hydrogens is 126 g/mol. The lowest BCUT2D eigenvalue weighted by atomic mass is 9.82. The van der Waals surface area contributed by atoms with Crippen LogP contribution in [0.2, 0.25) is 0 Å². The molecule has 1 atom stereocenters. The van der Waals surface area contributed by atoms with E-state index in [-0.39, 0.29) is 12.1 Å². The first-order chi connectivity index (χ1) is 4.52. The molecule has 60 valence electrons. The molecule has 0 bridgehead atoms. The molecule has 10 heavy (non-hydrogen) atoms. The van der Waals surface area contributed by atoms with Gasteiger partial charge in [-0.15, -0.1) is 0 Å². The lowest BCUT2D eigenvalue weighted by Crippen LogP contribution is -2.45. The molecule has 0 amide bonds. The van der Waals surface area contributed by atoms with Crippen molar-refractivity contribution in [3.05, 3.63) is 0 Å². The second-order valence-corrected chi connectivity index (χ2v) is 3.95. The summed E-state index contributed by atoms with van der Waals surface area (Å²) in [5, 5.41) is 8.71.